The lowest BCUT2D eigenvalue weighted by atomic mass is 9.86. The maximum atomic E-state index is 6.41. The molecule has 4 rings (SSSR count). The molecule has 1 saturated heterocycles. The van der Waals surface area contributed by atoms with Crippen LogP contribution in [0.4, 0.5) is 5.69 Å². The Morgan fingerprint density at radius 3 is 2.76 bits per heavy atom. The Morgan fingerprint density at radius 1 is 1.12 bits per heavy atom. The standard InChI is InChI=1S/C19H20ClN5/c20-16-10-15(11-17-19(16)24-9-8-23-17)25-18(13-3-6-21-7-4-13)14-2-1-5-22-12-14/h1-2,5,8-13,18,21,25H,3-4,6-7H2. The summed E-state index contributed by atoms with van der Waals surface area (Å²) in [4.78, 5) is 13.0. The summed E-state index contributed by atoms with van der Waals surface area (Å²) < 4.78 is 0. The van der Waals surface area contributed by atoms with E-state index in [9.17, 15) is 0 Å². The average Bonchev–Trinajstić information content (AvgIpc) is 2.67. The highest BCUT2D eigenvalue weighted by atomic mass is 35.5. The highest BCUT2D eigenvalue weighted by molar-refractivity contribution is 6.35. The van der Waals surface area contributed by atoms with Crippen LogP contribution < -0.4 is 10.6 Å². The number of halogens is 1. The molecule has 3 heterocycles. The molecule has 1 aliphatic heterocycles. The smallest absolute Gasteiger partial charge is 0.107 e. The number of piperidine rings is 1. The van der Waals surface area contributed by atoms with Crippen LogP contribution in [0.2, 0.25) is 5.02 Å². The molecule has 2 N–H and O–H groups in total. The highest BCUT2D eigenvalue weighted by Crippen LogP contribution is 2.34. The Bertz CT molecular complexity index is 849. The van der Waals surface area contributed by atoms with Gasteiger partial charge in [-0.1, -0.05) is 17.7 Å². The van der Waals surface area contributed by atoms with Gasteiger partial charge in [-0.3, -0.25) is 15.0 Å². The van der Waals surface area contributed by atoms with E-state index in [1.807, 2.05) is 30.6 Å². The van der Waals surface area contributed by atoms with Gasteiger partial charge in [0.2, 0.25) is 0 Å². The Balaban J connectivity index is 1.68. The number of benzene rings is 1. The molecule has 0 aliphatic carbocycles. The van der Waals surface area contributed by atoms with E-state index in [0.717, 1.165) is 42.7 Å². The van der Waals surface area contributed by atoms with Crippen LogP contribution in [-0.4, -0.2) is 28.0 Å². The summed E-state index contributed by atoms with van der Waals surface area (Å²) in [6.45, 7) is 2.10. The number of anilines is 1. The molecule has 6 heteroatoms. The van der Waals surface area contributed by atoms with E-state index in [0.29, 0.717) is 10.9 Å². The van der Waals surface area contributed by atoms with Crippen molar-refractivity contribution in [1.82, 2.24) is 20.3 Å². The molecule has 0 spiro atoms. The third-order valence-electron chi connectivity index (χ3n) is 4.75. The number of pyridine rings is 1. The molecular formula is C19H20ClN5. The Morgan fingerprint density at radius 2 is 1.96 bits per heavy atom. The van der Waals surface area contributed by atoms with Gasteiger partial charge in [0.05, 0.1) is 16.6 Å². The zero-order chi connectivity index (χ0) is 17.1. The van der Waals surface area contributed by atoms with Gasteiger partial charge in [-0.2, -0.15) is 0 Å². The second-order valence-electron chi connectivity index (χ2n) is 6.38. The topological polar surface area (TPSA) is 62.7 Å². The minimum Gasteiger partial charge on any atom is -0.378 e. The van der Waals surface area contributed by atoms with E-state index in [1.165, 1.54) is 5.56 Å². The van der Waals surface area contributed by atoms with Crippen molar-refractivity contribution in [2.75, 3.05) is 18.4 Å². The fraction of sp³-hybridized carbons (Fsp3) is 0.316. The number of rotatable bonds is 4. The van der Waals surface area contributed by atoms with Crippen LogP contribution in [0.5, 0.6) is 0 Å². The molecule has 5 nitrogen and oxygen atoms in total. The van der Waals surface area contributed by atoms with Crippen molar-refractivity contribution in [3.05, 3.63) is 59.6 Å². The molecule has 0 saturated carbocycles. The summed E-state index contributed by atoms with van der Waals surface area (Å²) in [7, 11) is 0. The van der Waals surface area contributed by atoms with Gasteiger partial charge in [0, 0.05) is 30.5 Å². The maximum absolute atomic E-state index is 6.41. The fourth-order valence-electron chi connectivity index (χ4n) is 3.51. The Hall–Kier alpha value is -2.24. The van der Waals surface area contributed by atoms with Gasteiger partial charge in [-0.15, -0.1) is 0 Å². The van der Waals surface area contributed by atoms with Gasteiger partial charge in [-0.05, 0) is 55.6 Å². The minimum atomic E-state index is 0.195. The van der Waals surface area contributed by atoms with E-state index in [2.05, 4.69) is 31.7 Å². The highest BCUT2D eigenvalue weighted by Gasteiger charge is 2.25. The molecular weight excluding hydrogens is 334 g/mol. The maximum Gasteiger partial charge on any atom is 0.107 e. The summed E-state index contributed by atoms with van der Waals surface area (Å²) in [5, 5.41) is 7.73. The Labute approximate surface area is 151 Å². The van der Waals surface area contributed by atoms with Crippen molar-refractivity contribution in [1.29, 1.82) is 0 Å². The van der Waals surface area contributed by atoms with Gasteiger partial charge < -0.3 is 10.6 Å². The molecule has 1 fully saturated rings. The quantitative estimate of drug-likeness (QED) is 0.746. The van der Waals surface area contributed by atoms with Crippen molar-refractivity contribution >= 4 is 28.3 Å². The monoisotopic (exact) mass is 353 g/mol. The van der Waals surface area contributed by atoms with Crippen molar-refractivity contribution in [3.8, 4) is 0 Å². The third-order valence-corrected chi connectivity index (χ3v) is 5.04. The first-order chi connectivity index (χ1) is 12.3. The molecule has 128 valence electrons. The summed E-state index contributed by atoms with van der Waals surface area (Å²) in [6.07, 6.45) is 9.37. The third kappa shape index (κ3) is 3.57. The first-order valence-electron chi connectivity index (χ1n) is 8.59. The van der Waals surface area contributed by atoms with Crippen LogP contribution >= 0.6 is 11.6 Å². The van der Waals surface area contributed by atoms with E-state index in [4.69, 9.17) is 11.6 Å². The largest absolute Gasteiger partial charge is 0.378 e. The number of hydrogen-bond donors (Lipinski definition) is 2. The van der Waals surface area contributed by atoms with E-state index in [1.54, 1.807) is 12.4 Å². The first kappa shape index (κ1) is 16.2. The van der Waals surface area contributed by atoms with Gasteiger partial charge >= 0.3 is 0 Å². The van der Waals surface area contributed by atoms with Crippen LogP contribution in [0.3, 0.4) is 0 Å². The molecule has 25 heavy (non-hydrogen) atoms. The van der Waals surface area contributed by atoms with Gasteiger partial charge in [0.1, 0.15) is 5.52 Å². The van der Waals surface area contributed by atoms with Crippen molar-refractivity contribution < 1.29 is 0 Å². The average molecular weight is 354 g/mol. The molecule has 1 atom stereocenters. The van der Waals surface area contributed by atoms with Gasteiger partial charge in [-0.25, -0.2) is 0 Å². The normalized spacial score (nSPS) is 16.7. The number of aromatic nitrogens is 3. The minimum absolute atomic E-state index is 0.195. The number of nitrogens with one attached hydrogen (secondary N) is 2. The second kappa shape index (κ2) is 7.33. The molecule has 0 radical (unpaired) electrons. The molecule has 0 amide bonds. The zero-order valence-electron chi connectivity index (χ0n) is 13.8. The molecule has 2 aromatic heterocycles. The SMILES string of the molecule is Clc1cc(NC(c2cccnc2)C2CCNCC2)cc2nccnc12. The summed E-state index contributed by atoms with van der Waals surface area (Å²) >= 11 is 6.41. The van der Waals surface area contributed by atoms with Crippen LogP contribution in [-0.2, 0) is 0 Å². The van der Waals surface area contributed by atoms with Crippen LogP contribution in [0.25, 0.3) is 11.0 Å². The zero-order valence-corrected chi connectivity index (χ0v) is 14.6. The second-order valence-corrected chi connectivity index (χ2v) is 6.79. The molecule has 1 aromatic carbocycles. The number of hydrogen-bond acceptors (Lipinski definition) is 5. The number of nitrogens with zero attached hydrogens (tertiary/aromatic N) is 3. The van der Waals surface area contributed by atoms with Crippen LogP contribution in [0, 0.1) is 5.92 Å². The first-order valence-corrected chi connectivity index (χ1v) is 8.96. The van der Waals surface area contributed by atoms with Crippen LogP contribution in [0.1, 0.15) is 24.4 Å². The van der Waals surface area contributed by atoms with Crippen LogP contribution in [0.15, 0.2) is 49.1 Å². The Kier molecular flexibility index (Phi) is 4.76. The van der Waals surface area contributed by atoms with Crippen molar-refractivity contribution in [3.63, 3.8) is 0 Å². The van der Waals surface area contributed by atoms with E-state index >= 15 is 0 Å². The van der Waals surface area contributed by atoms with E-state index in [-0.39, 0.29) is 6.04 Å². The molecule has 1 unspecified atom stereocenters. The van der Waals surface area contributed by atoms with Crippen molar-refractivity contribution in [2.45, 2.75) is 18.9 Å². The number of fused-ring (bicyclic) bond motifs is 1. The predicted molar refractivity (Wildman–Crippen MR) is 101 cm³/mol. The molecule has 0 bridgehead atoms. The summed E-state index contributed by atoms with van der Waals surface area (Å²) in [6, 6.07) is 8.27. The lowest BCUT2D eigenvalue weighted by Crippen LogP contribution is -2.33. The predicted octanol–water partition coefficient (Wildman–Crippen LogP) is 3.83. The van der Waals surface area contributed by atoms with E-state index < -0.39 is 0 Å². The van der Waals surface area contributed by atoms with Gasteiger partial charge in [0.25, 0.3) is 0 Å². The van der Waals surface area contributed by atoms with Gasteiger partial charge in [0.15, 0.2) is 0 Å². The summed E-state index contributed by atoms with van der Waals surface area (Å²) in [5.41, 5.74) is 3.69. The molecule has 3 aromatic rings. The molecule has 1 aliphatic rings. The fourth-order valence-corrected chi connectivity index (χ4v) is 3.77. The summed E-state index contributed by atoms with van der Waals surface area (Å²) in [5.74, 6) is 0.543. The lowest BCUT2D eigenvalue weighted by Gasteiger charge is -2.32. The van der Waals surface area contributed by atoms with Crippen molar-refractivity contribution in [2.24, 2.45) is 5.92 Å². The lowest BCUT2D eigenvalue weighted by molar-refractivity contribution is 0.335.